The van der Waals surface area contributed by atoms with Crippen LogP contribution in [0.15, 0.2) is 96.3 Å². The lowest BCUT2D eigenvalue weighted by atomic mass is 9.98. The van der Waals surface area contributed by atoms with Gasteiger partial charge >= 0.3 is 0 Å². The van der Waals surface area contributed by atoms with E-state index in [4.69, 9.17) is 0 Å². The number of benzene rings is 4. The summed E-state index contributed by atoms with van der Waals surface area (Å²) in [4.78, 5) is 15.6. The molecule has 0 spiro atoms. The molecule has 4 aromatic carbocycles. The predicted molar refractivity (Wildman–Crippen MR) is 161 cm³/mol. The number of carbonyl (C=O) groups excluding carboxylic acids is 1. The predicted octanol–water partition coefficient (Wildman–Crippen LogP) is 6.93. The fraction of sp³-hybridized carbons (Fsp3) is 0.147. The van der Waals surface area contributed by atoms with Crippen LogP contribution in [0.1, 0.15) is 32.7 Å². The second kappa shape index (κ2) is 9.97. The van der Waals surface area contributed by atoms with Crippen LogP contribution in [-0.4, -0.2) is 29.0 Å². The monoisotopic (exact) mass is 566 g/mol. The molecule has 0 bridgehead atoms. The smallest absolute Gasteiger partial charge is 0.256 e. The van der Waals surface area contributed by atoms with Crippen LogP contribution in [0.5, 0.6) is 0 Å². The number of para-hydroxylation sites is 1. The molecule has 7 heteroatoms. The number of amides is 1. The number of aryl methyl sites for hydroxylation is 3. The minimum Gasteiger partial charge on any atom is -0.343 e. The van der Waals surface area contributed by atoms with Crippen molar-refractivity contribution in [3.8, 4) is 0 Å². The van der Waals surface area contributed by atoms with E-state index >= 15 is 13.3 Å². The van der Waals surface area contributed by atoms with Crippen molar-refractivity contribution in [1.29, 1.82) is 0 Å². The Kier molecular flexibility index (Phi) is 6.55. The highest BCUT2D eigenvalue weighted by molar-refractivity contribution is 7.82. The first-order valence-corrected chi connectivity index (χ1v) is 15.1. The summed E-state index contributed by atoms with van der Waals surface area (Å²) in [6, 6.07) is 26.3. The molecule has 0 unspecified atom stereocenters. The third kappa shape index (κ3) is 4.17. The number of halogens is 2. The maximum absolute atomic E-state index is 15.9. The lowest BCUT2D eigenvalue weighted by Crippen LogP contribution is -2.30. The first-order chi connectivity index (χ1) is 19.6. The van der Waals surface area contributed by atoms with E-state index in [-0.39, 0.29) is 23.1 Å². The van der Waals surface area contributed by atoms with Gasteiger partial charge in [0.05, 0.1) is 17.8 Å². The van der Waals surface area contributed by atoms with Gasteiger partial charge in [0.25, 0.3) is 5.91 Å². The summed E-state index contributed by atoms with van der Waals surface area (Å²) in [6.07, 6.45) is 0. The highest BCUT2D eigenvalue weighted by Crippen LogP contribution is 2.57. The standard InChI is InChI=1S/C34H29F2N2O2P/c1-21-14-16-24(18-27(21)35)41(40,25-17-15-22(2)28(36)19-25)30-20-37(3)34(39)32-26-12-8-9-13-29(26)38(4)33(32)31(30)23-10-6-5-7-11-23/h5-19H,20H2,1-4H3. The molecule has 0 aliphatic carbocycles. The Balaban J connectivity index is 1.83. The zero-order valence-electron chi connectivity index (χ0n) is 23.3. The van der Waals surface area contributed by atoms with Gasteiger partial charge in [-0.05, 0) is 48.7 Å². The number of fused-ring (bicyclic) bond motifs is 3. The SMILES string of the molecule is Cc1ccc(P(=O)(C2=C(c3ccccc3)c3c(c4ccccc4n3C)C(=O)N(C)C2)c2ccc(C)c(F)c2)cc1F. The molecule has 0 N–H and O–H groups in total. The normalized spacial score (nSPS) is 14.0. The van der Waals surface area contributed by atoms with Gasteiger partial charge in [-0.25, -0.2) is 8.78 Å². The molecule has 1 aliphatic rings. The highest BCUT2D eigenvalue weighted by Gasteiger charge is 2.41. The number of aromatic nitrogens is 1. The van der Waals surface area contributed by atoms with E-state index in [2.05, 4.69) is 0 Å². The van der Waals surface area contributed by atoms with Gasteiger partial charge in [0, 0.05) is 46.5 Å². The van der Waals surface area contributed by atoms with E-state index in [0.29, 0.717) is 33.3 Å². The van der Waals surface area contributed by atoms with Gasteiger partial charge in [-0.3, -0.25) is 4.79 Å². The van der Waals surface area contributed by atoms with E-state index in [1.807, 2.05) is 66.2 Å². The molecule has 0 saturated carbocycles. The van der Waals surface area contributed by atoms with Crippen molar-refractivity contribution in [1.82, 2.24) is 9.47 Å². The lowest BCUT2D eigenvalue weighted by molar-refractivity contribution is 0.0812. The fourth-order valence-corrected chi connectivity index (χ4v) is 8.83. The summed E-state index contributed by atoms with van der Waals surface area (Å²) in [7, 11) is -0.363. The number of carbonyl (C=O) groups is 1. The molecular weight excluding hydrogens is 537 g/mol. The van der Waals surface area contributed by atoms with Crippen LogP contribution in [-0.2, 0) is 11.6 Å². The first-order valence-electron chi connectivity index (χ1n) is 13.4. The topological polar surface area (TPSA) is 42.3 Å². The molecule has 2 heterocycles. The number of likely N-dealkylation sites (N-methyl/N-ethyl adjacent to an activating group) is 1. The zero-order chi connectivity index (χ0) is 29.1. The largest absolute Gasteiger partial charge is 0.343 e. The second-order valence-corrected chi connectivity index (χ2v) is 13.4. The number of hydrogen-bond donors (Lipinski definition) is 0. The molecule has 41 heavy (non-hydrogen) atoms. The molecule has 5 aromatic rings. The summed E-state index contributed by atoms with van der Waals surface area (Å²) in [5.41, 5.74) is 4.21. The average molecular weight is 567 g/mol. The van der Waals surface area contributed by atoms with Gasteiger partial charge in [-0.15, -0.1) is 0 Å². The minimum atomic E-state index is -3.93. The third-order valence-electron chi connectivity index (χ3n) is 8.06. The Morgan fingerprint density at radius 2 is 1.32 bits per heavy atom. The van der Waals surface area contributed by atoms with Gasteiger partial charge in [0.2, 0.25) is 0 Å². The van der Waals surface area contributed by atoms with Gasteiger partial charge in [0.1, 0.15) is 11.6 Å². The van der Waals surface area contributed by atoms with E-state index in [0.717, 1.165) is 16.5 Å². The number of rotatable bonds is 4. The Morgan fingerprint density at radius 1 is 0.756 bits per heavy atom. The molecule has 0 saturated heterocycles. The van der Waals surface area contributed by atoms with Crippen molar-refractivity contribution in [3.63, 3.8) is 0 Å². The van der Waals surface area contributed by atoms with Crippen LogP contribution in [0.4, 0.5) is 8.78 Å². The van der Waals surface area contributed by atoms with Gasteiger partial charge in [-0.1, -0.05) is 72.8 Å². The zero-order valence-corrected chi connectivity index (χ0v) is 24.2. The lowest BCUT2D eigenvalue weighted by Gasteiger charge is -2.28. The minimum absolute atomic E-state index is 0.00827. The molecule has 0 radical (unpaired) electrons. The van der Waals surface area contributed by atoms with Crippen molar-refractivity contribution in [3.05, 3.63) is 136 Å². The molecule has 1 aliphatic heterocycles. The van der Waals surface area contributed by atoms with E-state index in [1.54, 1.807) is 50.1 Å². The summed E-state index contributed by atoms with van der Waals surface area (Å²) in [6.45, 7) is 3.29. The van der Waals surface area contributed by atoms with Crippen LogP contribution in [0, 0.1) is 25.5 Å². The van der Waals surface area contributed by atoms with Gasteiger partial charge < -0.3 is 14.0 Å². The summed E-state index contributed by atoms with van der Waals surface area (Å²) < 4.78 is 48.1. The summed E-state index contributed by atoms with van der Waals surface area (Å²) in [5.74, 6) is -1.21. The molecule has 6 rings (SSSR count). The fourth-order valence-electron chi connectivity index (χ4n) is 5.79. The molecular formula is C34H29F2N2O2P. The van der Waals surface area contributed by atoms with E-state index in [1.165, 1.54) is 12.1 Å². The van der Waals surface area contributed by atoms with Crippen LogP contribution in [0.3, 0.4) is 0 Å². The van der Waals surface area contributed by atoms with Crippen molar-refractivity contribution >= 4 is 40.1 Å². The highest BCUT2D eigenvalue weighted by atomic mass is 31.2. The Hall–Kier alpha value is -4.28. The maximum atomic E-state index is 15.9. The van der Waals surface area contributed by atoms with Crippen LogP contribution in [0.25, 0.3) is 16.5 Å². The summed E-state index contributed by atoms with van der Waals surface area (Å²) in [5, 5.41) is 1.72. The average Bonchev–Trinajstić information content (AvgIpc) is 3.20. The van der Waals surface area contributed by atoms with Crippen LogP contribution < -0.4 is 10.6 Å². The molecule has 0 fully saturated rings. The third-order valence-corrected chi connectivity index (χ3v) is 11.2. The quantitative estimate of drug-likeness (QED) is 0.222. The Morgan fingerprint density at radius 3 is 1.90 bits per heavy atom. The van der Waals surface area contributed by atoms with Crippen molar-refractivity contribution in [2.45, 2.75) is 13.8 Å². The Bertz CT molecular complexity index is 1890. The van der Waals surface area contributed by atoms with Crippen LogP contribution >= 0.6 is 7.14 Å². The van der Waals surface area contributed by atoms with Crippen molar-refractivity contribution < 1.29 is 18.1 Å². The first kappa shape index (κ1) is 26.9. The molecule has 0 atom stereocenters. The van der Waals surface area contributed by atoms with Crippen molar-refractivity contribution in [2.75, 3.05) is 13.6 Å². The van der Waals surface area contributed by atoms with Gasteiger partial charge in [-0.2, -0.15) is 0 Å². The second-order valence-electron chi connectivity index (χ2n) is 10.6. The number of hydrogen-bond acceptors (Lipinski definition) is 2. The molecule has 206 valence electrons. The molecule has 4 nitrogen and oxygen atoms in total. The van der Waals surface area contributed by atoms with Crippen molar-refractivity contribution in [2.24, 2.45) is 7.05 Å². The molecule has 1 aromatic heterocycles. The van der Waals surface area contributed by atoms with E-state index in [9.17, 15) is 4.79 Å². The number of nitrogens with zero attached hydrogens (tertiary/aromatic N) is 2. The van der Waals surface area contributed by atoms with Crippen LogP contribution in [0.2, 0.25) is 0 Å². The maximum Gasteiger partial charge on any atom is 0.256 e. The summed E-state index contributed by atoms with van der Waals surface area (Å²) >= 11 is 0. The Labute approximate surface area is 237 Å². The molecule has 1 amide bonds. The van der Waals surface area contributed by atoms with Gasteiger partial charge in [0.15, 0.2) is 7.14 Å². The van der Waals surface area contributed by atoms with E-state index < -0.39 is 18.8 Å².